The second-order valence-electron chi connectivity index (χ2n) is 7.99. The van der Waals surface area contributed by atoms with E-state index in [0.29, 0.717) is 29.9 Å². The van der Waals surface area contributed by atoms with Gasteiger partial charge in [0.2, 0.25) is 0 Å². The maximum Gasteiger partial charge on any atom is 0.259 e. The van der Waals surface area contributed by atoms with Crippen LogP contribution in [0.5, 0.6) is 0 Å². The molecule has 7 heteroatoms. The summed E-state index contributed by atoms with van der Waals surface area (Å²) in [5.74, 6) is -1.76. The molecule has 1 amide bonds. The van der Waals surface area contributed by atoms with Gasteiger partial charge in [-0.1, -0.05) is 6.07 Å². The number of likely N-dealkylation sites (tertiary alicyclic amines) is 2. The predicted molar refractivity (Wildman–Crippen MR) is 99.2 cm³/mol. The van der Waals surface area contributed by atoms with Crippen molar-refractivity contribution in [1.29, 1.82) is 0 Å². The highest BCUT2D eigenvalue weighted by Gasteiger charge is 2.43. The number of halogens is 2. The molecule has 3 heterocycles. The van der Waals surface area contributed by atoms with Crippen molar-refractivity contribution < 1.29 is 18.3 Å². The van der Waals surface area contributed by atoms with Gasteiger partial charge in [0.05, 0.1) is 0 Å². The number of carbonyl (C=O) groups excluding carboxylic acids is 1. The van der Waals surface area contributed by atoms with Crippen LogP contribution in [-0.2, 0) is 6.54 Å². The minimum absolute atomic E-state index is 0.0225. The highest BCUT2D eigenvalue weighted by molar-refractivity contribution is 5.93. The van der Waals surface area contributed by atoms with Crippen molar-refractivity contribution in [2.24, 2.45) is 5.41 Å². The zero-order chi connectivity index (χ0) is 19.7. The molecule has 0 bridgehead atoms. The molecule has 0 saturated carbocycles. The smallest absolute Gasteiger partial charge is 0.259 e. The first-order valence-corrected chi connectivity index (χ1v) is 9.59. The summed E-state index contributed by atoms with van der Waals surface area (Å²) in [4.78, 5) is 16.8. The molecular formula is C21H23F2N3O2. The lowest BCUT2D eigenvalue weighted by Crippen LogP contribution is -2.45. The first kappa shape index (κ1) is 18.8. The normalized spacial score (nSPS) is 22.7. The van der Waals surface area contributed by atoms with Gasteiger partial charge >= 0.3 is 0 Å². The van der Waals surface area contributed by atoms with Gasteiger partial charge in [-0.3, -0.25) is 9.69 Å². The molecule has 2 aliphatic heterocycles. The molecule has 5 nitrogen and oxygen atoms in total. The van der Waals surface area contributed by atoms with E-state index in [9.17, 15) is 18.8 Å². The SMILES string of the molecule is O=C(c1ccc[n+]([O-])c1)N1CCC2(CCCN(Cc3ccc(F)c(F)c3)C2)C1. The maximum absolute atomic E-state index is 13.5. The minimum atomic E-state index is -0.830. The molecule has 2 aromatic rings. The summed E-state index contributed by atoms with van der Waals surface area (Å²) in [5.41, 5.74) is 1.18. The largest absolute Gasteiger partial charge is 0.619 e. The van der Waals surface area contributed by atoms with Crippen LogP contribution in [0.2, 0.25) is 0 Å². The fraction of sp³-hybridized carbons (Fsp3) is 0.429. The first-order chi connectivity index (χ1) is 13.4. The van der Waals surface area contributed by atoms with Crippen LogP contribution in [0.25, 0.3) is 0 Å². The molecule has 2 fully saturated rings. The van der Waals surface area contributed by atoms with Gasteiger partial charge in [0.1, 0.15) is 5.56 Å². The number of carbonyl (C=O) groups is 1. The quantitative estimate of drug-likeness (QED) is 0.601. The molecule has 148 valence electrons. The van der Waals surface area contributed by atoms with E-state index >= 15 is 0 Å². The summed E-state index contributed by atoms with van der Waals surface area (Å²) in [6.07, 6.45) is 5.64. The van der Waals surface area contributed by atoms with E-state index in [1.54, 1.807) is 18.2 Å². The maximum atomic E-state index is 13.5. The van der Waals surface area contributed by atoms with Gasteiger partial charge in [0, 0.05) is 37.7 Å². The van der Waals surface area contributed by atoms with Crippen LogP contribution in [0.1, 0.15) is 35.2 Å². The highest BCUT2D eigenvalue weighted by atomic mass is 19.2. The Bertz CT molecular complexity index is 892. The Kier molecular flexibility index (Phi) is 5.02. The molecule has 1 aromatic carbocycles. The van der Waals surface area contributed by atoms with Crippen LogP contribution >= 0.6 is 0 Å². The fourth-order valence-corrected chi connectivity index (χ4v) is 4.55. The van der Waals surface area contributed by atoms with Gasteiger partial charge in [0.15, 0.2) is 24.0 Å². The third-order valence-electron chi connectivity index (χ3n) is 5.88. The summed E-state index contributed by atoms with van der Waals surface area (Å²) in [5, 5.41) is 11.5. The number of pyridine rings is 1. The van der Waals surface area contributed by atoms with Gasteiger partial charge in [-0.2, -0.15) is 4.73 Å². The second-order valence-corrected chi connectivity index (χ2v) is 7.99. The van der Waals surface area contributed by atoms with Gasteiger partial charge in [-0.25, -0.2) is 8.78 Å². The Morgan fingerprint density at radius 1 is 1.14 bits per heavy atom. The van der Waals surface area contributed by atoms with E-state index in [4.69, 9.17) is 0 Å². The molecule has 0 radical (unpaired) electrons. The number of amides is 1. The summed E-state index contributed by atoms with van der Waals surface area (Å²) in [6, 6.07) is 7.29. The summed E-state index contributed by atoms with van der Waals surface area (Å²) in [7, 11) is 0. The van der Waals surface area contributed by atoms with E-state index in [1.165, 1.54) is 24.5 Å². The Morgan fingerprint density at radius 2 is 2.00 bits per heavy atom. The number of benzene rings is 1. The lowest BCUT2D eigenvalue weighted by molar-refractivity contribution is -0.605. The molecule has 1 atom stereocenters. The summed E-state index contributed by atoms with van der Waals surface area (Å²) >= 11 is 0. The van der Waals surface area contributed by atoms with E-state index in [0.717, 1.165) is 37.9 Å². The number of aromatic nitrogens is 1. The predicted octanol–water partition coefficient (Wildman–Crippen LogP) is 2.73. The minimum Gasteiger partial charge on any atom is -0.619 e. The van der Waals surface area contributed by atoms with Crippen molar-refractivity contribution in [3.63, 3.8) is 0 Å². The van der Waals surface area contributed by atoms with E-state index < -0.39 is 11.6 Å². The van der Waals surface area contributed by atoms with Crippen LogP contribution in [-0.4, -0.2) is 41.9 Å². The number of piperidine rings is 1. The fourth-order valence-electron chi connectivity index (χ4n) is 4.55. The molecule has 2 aliphatic rings. The van der Waals surface area contributed by atoms with E-state index in [2.05, 4.69) is 4.90 Å². The topological polar surface area (TPSA) is 50.5 Å². The molecule has 2 saturated heterocycles. The monoisotopic (exact) mass is 387 g/mol. The lowest BCUT2D eigenvalue weighted by Gasteiger charge is -2.40. The summed E-state index contributed by atoms with van der Waals surface area (Å²) < 4.78 is 27.3. The zero-order valence-electron chi connectivity index (χ0n) is 15.6. The first-order valence-electron chi connectivity index (χ1n) is 9.59. The molecule has 0 N–H and O–H groups in total. The molecule has 28 heavy (non-hydrogen) atoms. The molecule has 4 rings (SSSR count). The number of rotatable bonds is 3. The molecular weight excluding hydrogens is 364 g/mol. The van der Waals surface area contributed by atoms with Crippen molar-refractivity contribution in [2.45, 2.75) is 25.8 Å². The van der Waals surface area contributed by atoms with Gasteiger partial charge in [-0.15, -0.1) is 0 Å². The van der Waals surface area contributed by atoms with Crippen LogP contribution in [0.15, 0.2) is 42.7 Å². The van der Waals surface area contributed by atoms with Crippen LogP contribution in [0, 0.1) is 22.3 Å². The van der Waals surface area contributed by atoms with Crippen LogP contribution in [0.4, 0.5) is 8.78 Å². The van der Waals surface area contributed by atoms with E-state index in [-0.39, 0.29) is 11.3 Å². The van der Waals surface area contributed by atoms with Crippen molar-refractivity contribution in [1.82, 2.24) is 9.80 Å². The molecule has 1 aromatic heterocycles. The van der Waals surface area contributed by atoms with Crippen molar-refractivity contribution in [3.8, 4) is 0 Å². The molecule has 1 unspecified atom stereocenters. The highest BCUT2D eigenvalue weighted by Crippen LogP contribution is 2.39. The number of hydrogen-bond donors (Lipinski definition) is 0. The van der Waals surface area contributed by atoms with Crippen molar-refractivity contribution >= 4 is 5.91 Å². The Labute approximate surface area is 162 Å². The average Bonchev–Trinajstić information content (AvgIpc) is 3.07. The van der Waals surface area contributed by atoms with E-state index in [1.807, 2.05) is 4.90 Å². The van der Waals surface area contributed by atoms with Gasteiger partial charge < -0.3 is 10.1 Å². The lowest BCUT2D eigenvalue weighted by atomic mass is 9.79. The van der Waals surface area contributed by atoms with Gasteiger partial charge in [-0.05, 0) is 49.6 Å². The molecule has 1 spiro atoms. The number of hydrogen-bond acceptors (Lipinski definition) is 3. The summed E-state index contributed by atoms with van der Waals surface area (Å²) in [6.45, 7) is 3.64. The van der Waals surface area contributed by atoms with Crippen molar-refractivity contribution in [3.05, 3.63) is 70.7 Å². The Balaban J connectivity index is 1.42. The third kappa shape index (κ3) is 3.85. The number of nitrogens with zero attached hydrogens (tertiary/aromatic N) is 3. The third-order valence-corrected chi connectivity index (χ3v) is 5.88. The Morgan fingerprint density at radius 3 is 2.79 bits per heavy atom. The van der Waals surface area contributed by atoms with Crippen molar-refractivity contribution in [2.75, 3.05) is 26.2 Å². The average molecular weight is 387 g/mol. The van der Waals surface area contributed by atoms with Gasteiger partial charge in [0.25, 0.3) is 5.91 Å². The van der Waals surface area contributed by atoms with Crippen LogP contribution in [0.3, 0.4) is 0 Å². The second kappa shape index (κ2) is 7.47. The van der Waals surface area contributed by atoms with Crippen LogP contribution < -0.4 is 4.73 Å². The zero-order valence-corrected chi connectivity index (χ0v) is 15.6. The standard InChI is InChI=1S/C21H23F2N3O2/c22-18-5-4-16(11-19(18)23)12-24-8-2-6-21(14-24)7-10-25(15-21)20(27)17-3-1-9-26(28)13-17/h1,3-5,9,11,13H,2,6-8,10,12,14-15H2. The molecule has 0 aliphatic carbocycles. The Hall–Kier alpha value is -2.54.